The summed E-state index contributed by atoms with van der Waals surface area (Å²) in [7, 11) is 2.00. The van der Waals surface area contributed by atoms with E-state index in [1.807, 2.05) is 13.2 Å². The molecule has 0 radical (unpaired) electrons. The summed E-state index contributed by atoms with van der Waals surface area (Å²) in [5, 5.41) is 9.76. The van der Waals surface area contributed by atoms with E-state index < -0.39 is 0 Å². The van der Waals surface area contributed by atoms with Crippen LogP contribution in [-0.4, -0.2) is 28.5 Å². The lowest BCUT2D eigenvalue weighted by atomic mass is 9.98. The van der Waals surface area contributed by atoms with Gasteiger partial charge in [-0.15, -0.1) is 0 Å². The van der Waals surface area contributed by atoms with E-state index in [1.165, 1.54) is 5.52 Å². The number of hydrogen-bond donors (Lipinski definition) is 3. The van der Waals surface area contributed by atoms with Gasteiger partial charge >= 0.3 is 0 Å². The Morgan fingerprint density at radius 2 is 2.00 bits per heavy atom. The Hall–Kier alpha value is -2.79. The second-order valence-corrected chi connectivity index (χ2v) is 7.69. The van der Waals surface area contributed by atoms with Gasteiger partial charge in [0.1, 0.15) is 0 Å². The number of hydrogen-bond acceptors (Lipinski definition) is 2. The summed E-state index contributed by atoms with van der Waals surface area (Å²) in [6.45, 7) is 5.08. The van der Waals surface area contributed by atoms with Crippen LogP contribution in [0.3, 0.4) is 0 Å². The van der Waals surface area contributed by atoms with Crippen molar-refractivity contribution in [2.45, 2.75) is 38.9 Å². The molecule has 4 aromatic rings. The zero-order valence-corrected chi connectivity index (χ0v) is 15.9. The van der Waals surface area contributed by atoms with E-state index in [4.69, 9.17) is 0 Å². The van der Waals surface area contributed by atoms with Gasteiger partial charge < -0.3 is 20.2 Å². The second-order valence-electron chi connectivity index (χ2n) is 7.69. The second kappa shape index (κ2) is 5.86. The number of para-hydroxylation sites is 1. The molecule has 1 aliphatic heterocycles. The van der Waals surface area contributed by atoms with Crippen molar-refractivity contribution >= 4 is 38.6 Å². The summed E-state index contributed by atoms with van der Waals surface area (Å²) >= 11 is 0. The number of H-pyrrole nitrogens is 1. The van der Waals surface area contributed by atoms with Gasteiger partial charge in [0.05, 0.1) is 16.6 Å². The van der Waals surface area contributed by atoms with Crippen molar-refractivity contribution in [2.24, 2.45) is 0 Å². The Balaban J connectivity index is 1.96. The third kappa shape index (κ3) is 2.18. The van der Waals surface area contributed by atoms with Gasteiger partial charge in [0.25, 0.3) is 5.91 Å². The highest BCUT2D eigenvalue weighted by atomic mass is 16.1. The summed E-state index contributed by atoms with van der Waals surface area (Å²) in [6, 6.07) is 11.3. The zero-order valence-electron chi connectivity index (χ0n) is 15.9. The van der Waals surface area contributed by atoms with Crippen LogP contribution in [0.5, 0.6) is 0 Å². The number of aromatic amines is 1. The molecule has 0 spiro atoms. The van der Waals surface area contributed by atoms with Crippen LogP contribution < -0.4 is 10.6 Å². The number of amides is 1. The fourth-order valence-corrected chi connectivity index (χ4v) is 4.75. The van der Waals surface area contributed by atoms with Crippen molar-refractivity contribution in [3.8, 4) is 0 Å². The van der Waals surface area contributed by atoms with Crippen LogP contribution >= 0.6 is 0 Å². The number of carbonyl (C=O) groups is 1. The van der Waals surface area contributed by atoms with Gasteiger partial charge in [0, 0.05) is 46.5 Å². The van der Waals surface area contributed by atoms with E-state index >= 15 is 0 Å². The first-order chi connectivity index (χ1) is 13.1. The number of rotatable bonds is 4. The first-order valence-corrected chi connectivity index (χ1v) is 9.61. The first-order valence-electron chi connectivity index (χ1n) is 9.61. The summed E-state index contributed by atoms with van der Waals surface area (Å²) in [4.78, 5) is 16.2. The van der Waals surface area contributed by atoms with Crippen molar-refractivity contribution in [1.82, 2.24) is 20.2 Å². The summed E-state index contributed by atoms with van der Waals surface area (Å²) in [6.07, 6.45) is 2.99. The average Bonchev–Trinajstić information content (AvgIpc) is 3.36. The van der Waals surface area contributed by atoms with E-state index in [2.05, 4.69) is 64.4 Å². The lowest BCUT2D eigenvalue weighted by Crippen LogP contribution is -2.24. The molecule has 2 atom stereocenters. The average molecular weight is 360 g/mol. The molecule has 0 saturated carbocycles. The van der Waals surface area contributed by atoms with Crippen molar-refractivity contribution in [2.75, 3.05) is 7.05 Å². The molecule has 5 heteroatoms. The van der Waals surface area contributed by atoms with Gasteiger partial charge in [-0.05, 0) is 45.0 Å². The quantitative estimate of drug-likeness (QED) is 0.513. The van der Waals surface area contributed by atoms with Crippen molar-refractivity contribution < 1.29 is 4.79 Å². The van der Waals surface area contributed by atoms with Crippen LogP contribution in [0, 0.1) is 0 Å². The van der Waals surface area contributed by atoms with E-state index in [0.717, 1.165) is 44.7 Å². The molecule has 3 heterocycles. The summed E-state index contributed by atoms with van der Waals surface area (Å²) < 4.78 is 2.42. The molecule has 138 valence electrons. The van der Waals surface area contributed by atoms with Gasteiger partial charge in [0.2, 0.25) is 0 Å². The van der Waals surface area contributed by atoms with E-state index in [0.29, 0.717) is 18.6 Å². The van der Waals surface area contributed by atoms with Crippen LogP contribution in [0.15, 0.2) is 36.5 Å². The monoisotopic (exact) mass is 360 g/mol. The van der Waals surface area contributed by atoms with Crippen LogP contribution in [0.4, 0.5) is 0 Å². The molecule has 0 fully saturated rings. The maximum atomic E-state index is 12.8. The molecule has 0 aliphatic carbocycles. The number of carbonyl (C=O) groups excluding carboxylic acids is 1. The maximum absolute atomic E-state index is 12.8. The van der Waals surface area contributed by atoms with Crippen molar-refractivity contribution in [1.29, 1.82) is 0 Å². The Kier molecular flexibility index (Phi) is 3.56. The molecule has 0 saturated heterocycles. The number of nitrogens with zero attached hydrogens (tertiary/aromatic N) is 1. The molecule has 3 N–H and O–H groups in total. The van der Waals surface area contributed by atoms with Gasteiger partial charge in [-0.2, -0.15) is 0 Å². The molecule has 0 bridgehead atoms. The lowest BCUT2D eigenvalue weighted by Gasteiger charge is -2.21. The molecule has 2 aromatic carbocycles. The highest BCUT2D eigenvalue weighted by Crippen LogP contribution is 2.42. The largest absolute Gasteiger partial charge is 0.359 e. The van der Waals surface area contributed by atoms with Gasteiger partial charge in [-0.1, -0.05) is 18.2 Å². The van der Waals surface area contributed by atoms with Crippen LogP contribution in [0.1, 0.15) is 42.2 Å². The Labute approximate surface area is 157 Å². The van der Waals surface area contributed by atoms with E-state index in [-0.39, 0.29) is 5.91 Å². The number of aromatic nitrogens is 2. The molecule has 1 aliphatic rings. The summed E-state index contributed by atoms with van der Waals surface area (Å²) in [5.74, 6) is 0.0391. The molecule has 1 amide bonds. The minimum absolute atomic E-state index is 0.0391. The molecular weight excluding hydrogens is 336 g/mol. The third-order valence-electron chi connectivity index (χ3n) is 6.05. The van der Waals surface area contributed by atoms with Crippen LogP contribution in [0.25, 0.3) is 32.7 Å². The predicted octanol–water partition coefficient (Wildman–Crippen LogP) is 4.08. The Morgan fingerprint density at radius 3 is 2.81 bits per heavy atom. The van der Waals surface area contributed by atoms with Crippen molar-refractivity contribution in [3.63, 3.8) is 0 Å². The predicted molar refractivity (Wildman–Crippen MR) is 110 cm³/mol. The van der Waals surface area contributed by atoms with Gasteiger partial charge in [-0.3, -0.25) is 4.79 Å². The number of nitrogens with one attached hydrogen (secondary N) is 3. The zero-order chi connectivity index (χ0) is 18.7. The topological polar surface area (TPSA) is 61.9 Å². The fourth-order valence-electron chi connectivity index (χ4n) is 4.75. The Morgan fingerprint density at radius 1 is 1.19 bits per heavy atom. The summed E-state index contributed by atoms with van der Waals surface area (Å²) in [5.41, 5.74) is 5.42. The minimum Gasteiger partial charge on any atom is -0.359 e. The van der Waals surface area contributed by atoms with Crippen LogP contribution in [-0.2, 0) is 6.54 Å². The smallest absolute Gasteiger partial charge is 0.252 e. The molecule has 2 aromatic heterocycles. The van der Waals surface area contributed by atoms with Gasteiger partial charge in [0.15, 0.2) is 0 Å². The van der Waals surface area contributed by atoms with Gasteiger partial charge in [-0.25, -0.2) is 0 Å². The minimum atomic E-state index is 0.0391. The number of fused-ring (bicyclic) bond motifs is 8. The first kappa shape index (κ1) is 16.4. The van der Waals surface area contributed by atoms with Crippen molar-refractivity contribution in [3.05, 3.63) is 47.7 Å². The normalized spacial score (nSPS) is 16.2. The third-order valence-corrected chi connectivity index (χ3v) is 6.05. The number of benzene rings is 2. The van der Waals surface area contributed by atoms with E-state index in [9.17, 15) is 4.79 Å². The molecular formula is C22H24N4O. The lowest BCUT2D eigenvalue weighted by molar-refractivity contribution is 0.0967. The fraction of sp³-hybridized carbons (Fsp3) is 0.318. The SMILES string of the molecule is CN[C@@H](C)CC(C)n1c2ccccc2c2c3c(c4cc[nH]c4c21)CNC3=O. The molecule has 27 heavy (non-hydrogen) atoms. The highest BCUT2D eigenvalue weighted by Gasteiger charge is 2.30. The molecule has 5 nitrogen and oxygen atoms in total. The Bertz CT molecular complexity index is 1200. The molecule has 1 unspecified atom stereocenters. The standard InChI is InChI=1S/C22H24N4O/c1-12(23-3)10-13(2)26-17-7-5-4-6-15(17)18-19-16(11-25-22(19)27)14-8-9-24-20(14)21(18)26/h4-9,12-13,23-24H,10-11H2,1-3H3,(H,25,27)/t12-,13?/m0/s1. The highest BCUT2D eigenvalue weighted by molar-refractivity contribution is 6.26. The maximum Gasteiger partial charge on any atom is 0.252 e. The van der Waals surface area contributed by atoms with Crippen LogP contribution in [0.2, 0.25) is 0 Å². The van der Waals surface area contributed by atoms with E-state index in [1.54, 1.807) is 0 Å². The molecule has 5 rings (SSSR count).